The molecule has 7 rings (SSSR count). The Morgan fingerprint density at radius 2 is 1.40 bits per heavy atom. The molecule has 0 amide bonds. The third-order valence-electron chi connectivity index (χ3n) is 12.3. The first kappa shape index (κ1) is 37.2. The van der Waals surface area contributed by atoms with Gasteiger partial charge in [0.15, 0.2) is 17.8 Å². The second-order valence-electron chi connectivity index (χ2n) is 15.5. The second kappa shape index (κ2) is 12.5. The Balaban J connectivity index is 1.59. The first-order chi connectivity index (χ1) is 24.9. The number of rotatable bonds is 7. The summed E-state index contributed by atoms with van der Waals surface area (Å²) in [5.41, 5.74) is -7.19. The fourth-order valence-electron chi connectivity index (χ4n) is 10.4. The van der Waals surface area contributed by atoms with Crippen molar-refractivity contribution in [2.75, 3.05) is 0 Å². The first-order valence-electron chi connectivity index (χ1n) is 17.9. The monoisotopic (exact) mass is 734 g/mol. The maximum Gasteiger partial charge on any atom is 0.338 e. The molecular formula is C40H46O13. The molecule has 53 heavy (non-hydrogen) atoms. The molecule has 0 spiro atoms. The lowest BCUT2D eigenvalue weighted by Crippen LogP contribution is -2.77. The summed E-state index contributed by atoms with van der Waals surface area (Å²) in [5.74, 6) is -9.20. The fraction of sp³-hybridized carbons (Fsp3) is 0.550. The summed E-state index contributed by atoms with van der Waals surface area (Å²) in [7, 11) is 0. The Morgan fingerprint density at radius 1 is 0.830 bits per heavy atom. The topological polar surface area (TPSA) is 173 Å². The molecule has 284 valence electrons. The molecule has 2 aromatic carbocycles. The van der Waals surface area contributed by atoms with Gasteiger partial charge in [-0.25, -0.2) is 4.79 Å². The van der Waals surface area contributed by atoms with E-state index in [2.05, 4.69) is 6.58 Å². The van der Waals surface area contributed by atoms with Crippen LogP contribution in [0.3, 0.4) is 0 Å². The lowest BCUT2D eigenvalue weighted by Gasteiger charge is -2.62. The SMILES string of the molecule is C=C(C)[C@@]12OC3(c4ccccc4)O[C@@H]1[C@@H]1[C@H](OC(C)=O)[C@@](C)(OC(=O)c4ccccc4)[C@@H](OC(C)=O)[C@@]4(O)[C@@H](C[C@H](C)[C@@H]4OC(C)=O)[C@@]1(O3)[C@H](C)[C@@H]2O. The minimum Gasteiger partial charge on any atom is -0.459 e. The summed E-state index contributed by atoms with van der Waals surface area (Å²) in [4.78, 5) is 53.6. The molecule has 1 unspecified atom stereocenters. The molecule has 3 bridgehead atoms. The molecule has 2 saturated heterocycles. The van der Waals surface area contributed by atoms with Crippen molar-refractivity contribution in [3.63, 3.8) is 0 Å². The lowest BCUT2D eigenvalue weighted by molar-refractivity contribution is -0.447. The molecule has 13 heteroatoms. The van der Waals surface area contributed by atoms with Crippen molar-refractivity contribution >= 4 is 23.9 Å². The van der Waals surface area contributed by atoms with E-state index in [9.17, 15) is 29.4 Å². The molecule has 13 nitrogen and oxygen atoms in total. The molecule has 2 aliphatic heterocycles. The molecule has 2 aromatic rings. The van der Waals surface area contributed by atoms with E-state index in [1.165, 1.54) is 32.9 Å². The third-order valence-corrected chi connectivity index (χ3v) is 12.3. The Morgan fingerprint density at radius 3 is 1.96 bits per heavy atom. The van der Waals surface area contributed by atoms with Crippen LogP contribution in [0.15, 0.2) is 72.8 Å². The van der Waals surface area contributed by atoms with E-state index in [1.54, 1.807) is 69.3 Å². The van der Waals surface area contributed by atoms with Crippen LogP contribution in [0.25, 0.3) is 0 Å². The highest BCUT2D eigenvalue weighted by atomic mass is 16.9. The van der Waals surface area contributed by atoms with Gasteiger partial charge >= 0.3 is 29.9 Å². The third kappa shape index (κ3) is 5.00. The lowest BCUT2D eigenvalue weighted by atomic mass is 9.52. The van der Waals surface area contributed by atoms with Crippen molar-refractivity contribution in [3.05, 3.63) is 83.9 Å². The number of hydrogen-bond acceptors (Lipinski definition) is 13. The molecule has 2 heterocycles. The van der Waals surface area contributed by atoms with E-state index in [0.717, 1.165) is 6.92 Å². The van der Waals surface area contributed by atoms with Crippen LogP contribution in [0.1, 0.15) is 70.8 Å². The average Bonchev–Trinajstić information content (AvgIpc) is 3.50. The maximum absolute atomic E-state index is 14.2. The highest BCUT2D eigenvalue weighted by molar-refractivity contribution is 5.89. The molecule has 5 aliphatic rings. The number of carbonyl (C=O) groups excluding carboxylic acids is 4. The highest BCUT2D eigenvalue weighted by Gasteiger charge is 2.88. The summed E-state index contributed by atoms with van der Waals surface area (Å²) in [6.07, 6.45) is -7.33. The first-order valence-corrected chi connectivity index (χ1v) is 17.9. The Labute approximate surface area is 307 Å². The van der Waals surface area contributed by atoms with Gasteiger partial charge in [0.2, 0.25) is 0 Å². The zero-order valence-corrected chi connectivity index (χ0v) is 30.8. The molecule has 0 radical (unpaired) electrons. The second-order valence-corrected chi connectivity index (χ2v) is 15.5. The van der Waals surface area contributed by atoms with Gasteiger partial charge in [0.25, 0.3) is 0 Å². The number of ether oxygens (including phenoxy) is 7. The van der Waals surface area contributed by atoms with Gasteiger partial charge in [0.05, 0.1) is 23.2 Å². The van der Waals surface area contributed by atoms with Crippen LogP contribution >= 0.6 is 0 Å². The molecule has 14 atom stereocenters. The van der Waals surface area contributed by atoms with E-state index in [-0.39, 0.29) is 12.0 Å². The maximum atomic E-state index is 14.2. The van der Waals surface area contributed by atoms with E-state index >= 15 is 0 Å². The Kier molecular flexibility index (Phi) is 8.74. The summed E-state index contributed by atoms with van der Waals surface area (Å²) < 4.78 is 45.7. The number of benzene rings is 2. The largest absolute Gasteiger partial charge is 0.459 e. The van der Waals surface area contributed by atoms with Crippen LogP contribution in [0.2, 0.25) is 0 Å². The molecule has 3 saturated carbocycles. The fourth-order valence-corrected chi connectivity index (χ4v) is 10.4. The van der Waals surface area contributed by atoms with Crippen LogP contribution in [-0.2, 0) is 53.5 Å². The zero-order chi connectivity index (χ0) is 38.5. The molecule has 3 aliphatic carbocycles. The number of aliphatic hydroxyl groups excluding tert-OH is 1. The van der Waals surface area contributed by atoms with Crippen molar-refractivity contribution in [2.45, 2.75) is 114 Å². The van der Waals surface area contributed by atoms with Crippen molar-refractivity contribution in [2.24, 2.45) is 23.7 Å². The minimum atomic E-state index is -2.40. The van der Waals surface area contributed by atoms with Crippen LogP contribution in [0, 0.1) is 23.7 Å². The minimum absolute atomic E-state index is 0.0902. The number of fused-ring (bicyclic) bond motifs is 2. The van der Waals surface area contributed by atoms with Gasteiger partial charge in [-0.1, -0.05) is 69.0 Å². The van der Waals surface area contributed by atoms with Gasteiger partial charge in [-0.15, -0.1) is 0 Å². The molecular weight excluding hydrogens is 688 g/mol. The summed E-state index contributed by atoms with van der Waals surface area (Å²) in [6, 6.07) is 16.8. The van der Waals surface area contributed by atoms with Gasteiger partial charge in [-0.3, -0.25) is 14.4 Å². The molecule has 5 fully saturated rings. The highest BCUT2D eigenvalue weighted by Crippen LogP contribution is 2.73. The smallest absolute Gasteiger partial charge is 0.338 e. The Hall–Kier alpha value is -4.14. The van der Waals surface area contributed by atoms with Crippen LogP contribution in [0.4, 0.5) is 0 Å². The van der Waals surface area contributed by atoms with Gasteiger partial charge in [-0.05, 0) is 43.9 Å². The summed E-state index contributed by atoms with van der Waals surface area (Å²) >= 11 is 0. The average molecular weight is 735 g/mol. The van der Waals surface area contributed by atoms with Crippen molar-refractivity contribution in [1.29, 1.82) is 0 Å². The van der Waals surface area contributed by atoms with Crippen LogP contribution < -0.4 is 0 Å². The van der Waals surface area contributed by atoms with E-state index < -0.39 is 106 Å². The summed E-state index contributed by atoms with van der Waals surface area (Å²) in [6.45, 7) is 14.3. The van der Waals surface area contributed by atoms with Gasteiger partial charge < -0.3 is 43.4 Å². The van der Waals surface area contributed by atoms with Crippen molar-refractivity contribution < 1.29 is 62.5 Å². The normalized spacial score (nSPS) is 43.5. The number of hydrogen-bond donors (Lipinski definition) is 2. The number of aliphatic hydroxyl groups is 2. The van der Waals surface area contributed by atoms with Gasteiger partial charge in [0, 0.05) is 38.2 Å². The van der Waals surface area contributed by atoms with Crippen molar-refractivity contribution in [3.8, 4) is 0 Å². The zero-order valence-electron chi connectivity index (χ0n) is 30.8. The predicted octanol–water partition coefficient (Wildman–Crippen LogP) is 3.73. The molecule has 0 aromatic heterocycles. The quantitative estimate of drug-likeness (QED) is 0.240. The van der Waals surface area contributed by atoms with Crippen LogP contribution in [0.5, 0.6) is 0 Å². The van der Waals surface area contributed by atoms with E-state index in [1.807, 2.05) is 0 Å². The van der Waals surface area contributed by atoms with E-state index in [4.69, 9.17) is 33.2 Å². The predicted molar refractivity (Wildman–Crippen MR) is 183 cm³/mol. The van der Waals surface area contributed by atoms with E-state index in [0.29, 0.717) is 11.1 Å². The molecule has 2 N–H and O–H groups in total. The number of esters is 4. The number of carbonyl (C=O) groups is 4. The van der Waals surface area contributed by atoms with Crippen LogP contribution in [-0.4, -0.2) is 87.0 Å². The Bertz CT molecular complexity index is 1830. The standard InChI is InChI=1S/C40H46O13/c1-20(2)38-30(44)22(4)39-28-19-21(3)31(47-23(5)41)37(28,46)35(49-25(7)43)36(8,51-34(45)26-15-11-9-12-16-26)32(48-24(6)42)29(39)33(38)50-40(52-38,53-39)27-17-13-10-14-18-27/h9-18,21-22,28-33,35,44,46H,1,19H2,2-8H3/t21-,22+,28+,29-,30-,31-,32-,33+,35+,36+,37+,38-,39-,40?/m0/s1. The van der Waals surface area contributed by atoms with Crippen molar-refractivity contribution in [1.82, 2.24) is 0 Å². The van der Waals surface area contributed by atoms with Gasteiger partial charge in [0.1, 0.15) is 23.4 Å². The van der Waals surface area contributed by atoms with Gasteiger partial charge in [-0.2, -0.15) is 0 Å². The summed E-state index contributed by atoms with van der Waals surface area (Å²) in [5, 5.41) is 26.2.